The largest absolute Gasteiger partial charge is 0.359 e. The summed E-state index contributed by atoms with van der Waals surface area (Å²) in [5.41, 5.74) is -0.159. The predicted molar refractivity (Wildman–Crippen MR) is 115 cm³/mol. The van der Waals surface area contributed by atoms with Gasteiger partial charge in [0.15, 0.2) is 0 Å². The zero-order chi connectivity index (χ0) is 19.7. The molecule has 0 spiro atoms. The predicted octanol–water partition coefficient (Wildman–Crippen LogP) is 8.30. The fraction of sp³-hybridized carbons (Fsp3) is 0.905. The van der Waals surface area contributed by atoms with Crippen LogP contribution >= 0.6 is 9.47 Å². The monoisotopic (exact) mass is 526 g/mol. The molecule has 0 aromatic carbocycles. The first kappa shape index (κ1) is 41.7. The van der Waals surface area contributed by atoms with E-state index < -0.39 is 0 Å². The van der Waals surface area contributed by atoms with Crippen LogP contribution in [0.3, 0.4) is 0 Å². The average Bonchev–Trinajstić information content (AvgIpc) is 2.51. The fourth-order valence-corrected chi connectivity index (χ4v) is 1.93. The van der Waals surface area contributed by atoms with Crippen molar-refractivity contribution in [3.05, 3.63) is 12.7 Å². The van der Waals surface area contributed by atoms with Crippen LogP contribution in [0.25, 0.3) is 0 Å². The average molecular weight is 526 g/mol. The van der Waals surface area contributed by atoms with Crippen LogP contribution in [-0.4, -0.2) is 5.60 Å². The van der Waals surface area contributed by atoms with Crippen LogP contribution in [0.5, 0.6) is 0 Å². The van der Waals surface area contributed by atoms with E-state index in [9.17, 15) is 0 Å². The second kappa shape index (κ2) is 26.3. The molecule has 150 valence electrons. The van der Waals surface area contributed by atoms with Gasteiger partial charge in [-0.25, -0.2) is 0 Å². The van der Waals surface area contributed by atoms with Gasteiger partial charge in [0, 0.05) is 80.3 Å². The molecule has 2 radical (unpaired) electrons. The first-order valence-electron chi connectivity index (χ1n) is 9.52. The quantitative estimate of drug-likeness (QED) is 0.250. The molecule has 0 aliphatic rings. The Morgan fingerprint density at radius 3 is 1.24 bits per heavy atom. The summed E-state index contributed by atoms with van der Waals surface area (Å²) >= 11 is 0. The zero-order valence-corrected chi connectivity index (χ0v) is 26.5. The van der Waals surface area contributed by atoms with Crippen LogP contribution < -0.4 is 0 Å². The van der Waals surface area contributed by atoms with Gasteiger partial charge in [-0.15, -0.1) is 6.58 Å². The second-order valence-electron chi connectivity index (χ2n) is 7.08. The summed E-state index contributed by atoms with van der Waals surface area (Å²) in [5, 5.41) is 0. The Labute approximate surface area is 215 Å². The Kier molecular flexibility index (Phi) is 43.9. The number of hydrogen-bond acceptors (Lipinski definition) is 1. The van der Waals surface area contributed by atoms with E-state index in [0.717, 1.165) is 11.8 Å². The third-order valence-electron chi connectivity index (χ3n) is 4.35. The van der Waals surface area contributed by atoms with E-state index in [-0.39, 0.29) is 76.4 Å². The minimum atomic E-state index is -0.167. The van der Waals surface area contributed by atoms with Gasteiger partial charge in [0.05, 0.1) is 5.60 Å². The minimum Gasteiger partial charge on any atom is -0.359 e. The SMILES string of the molecule is C=CC(C)(C)C(C)(C)OP.CC.CCC.CCC(CC)C(C)C.[Y].[Y]. The molecule has 0 amide bonds. The van der Waals surface area contributed by atoms with Crippen molar-refractivity contribution in [3.8, 4) is 0 Å². The Morgan fingerprint density at radius 2 is 1.20 bits per heavy atom. The van der Waals surface area contributed by atoms with Crippen molar-refractivity contribution < 1.29 is 69.9 Å². The van der Waals surface area contributed by atoms with Crippen molar-refractivity contribution in [2.75, 3.05) is 0 Å². The van der Waals surface area contributed by atoms with Crippen molar-refractivity contribution in [1.29, 1.82) is 0 Å². The van der Waals surface area contributed by atoms with E-state index in [1.165, 1.54) is 19.3 Å². The first-order chi connectivity index (χ1) is 10.5. The Hall–Kier alpha value is 2.34. The van der Waals surface area contributed by atoms with Crippen molar-refractivity contribution in [2.24, 2.45) is 17.3 Å². The molecule has 0 aromatic heterocycles. The van der Waals surface area contributed by atoms with Gasteiger partial charge in [-0.2, -0.15) is 0 Å². The summed E-state index contributed by atoms with van der Waals surface area (Å²) in [6.07, 6.45) is 5.85. The molecule has 1 atom stereocenters. The molecule has 0 bridgehead atoms. The number of rotatable bonds is 6. The van der Waals surface area contributed by atoms with Crippen molar-refractivity contribution in [3.63, 3.8) is 0 Å². The molecule has 0 saturated carbocycles. The molecule has 25 heavy (non-hydrogen) atoms. The summed E-state index contributed by atoms with van der Waals surface area (Å²) < 4.78 is 5.24. The standard InChI is InChI=1S/C8H17OP.C8H18.C3H8.C2H6.2Y/c1-6-7(2,3)8(4,5)9-10;1-5-8(6-2)7(3)4;1-3-2;1-2;;/h6H,1,10H2,2-5H3;7-8H,5-6H2,1-4H3;3H2,1-2H3;1-2H3;;. The maximum absolute atomic E-state index is 5.24. The van der Waals surface area contributed by atoms with Crippen molar-refractivity contribution in [1.82, 2.24) is 0 Å². The van der Waals surface area contributed by atoms with Crippen LogP contribution in [0.1, 0.15) is 102 Å². The van der Waals surface area contributed by atoms with E-state index in [2.05, 4.69) is 71.4 Å². The van der Waals surface area contributed by atoms with Gasteiger partial charge in [-0.3, -0.25) is 0 Å². The molecule has 0 aliphatic carbocycles. The van der Waals surface area contributed by atoms with Crippen LogP contribution in [-0.2, 0) is 69.9 Å². The van der Waals surface area contributed by atoms with Gasteiger partial charge in [-0.05, 0) is 25.7 Å². The molecule has 0 aliphatic heterocycles. The normalized spacial score (nSPS) is 9.88. The molecular formula is C21H49OPY2. The Balaban J connectivity index is -0.0000000544. The maximum atomic E-state index is 5.24. The fourth-order valence-electron chi connectivity index (χ4n) is 1.63. The van der Waals surface area contributed by atoms with Crippen LogP contribution in [0.2, 0.25) is 0 Å². The molecule has 0 fully saturated rings. The maximum Gasteiger partial charge on any atom is 0.0746 e. The van der Waals surface area contributed by atoms with Gasteiger partial charge in [0.25, 0.3) is 0 Å². The summed E-state index contributed by atoms with van der Waals surface area (Å²) in [6, 6.07) is 0. The molecule has 0 rings (SSSR count). The van der Waals surface area contributed by atoms with Crippen molar-refractivity contribution >= 4 is 9.47 Å². The van der Waals surface area contributed by atoms with E-state index >= 15 is 0 Å². The molecule has 1 nitrogen and oxygen atoms in total. The molecule has 0 saturated heterocycles. The molecular weight excluding hydrogens is 477 g/mol. The topological polar surface area (TPSA) is 9.23 Å². The third-order valence-corrected chi connectivity index (χ3v) is 4.94. The van der Waals surface area contributed by atoms with Gasteiger partial charge < -0.3 is 4.52 Å². The summed E-state index contributed by atoms with van der Waals surface area (Å²) in [7, 11) is 2.29. The van der Waals surface area contributed by atoms with E-state index in [1.54, 1.807) is 0 Å². The molecule has 4 heteroatoms. The Morgan fingerprint density at radius 1 is 0.920 bits per heavy atom. The van der Waals surface area contributed by atoms with Crippen LogP contribution in [0.4, 0.5) is 0 Å². The smallest absolute Gasteiger partial charge is 0.0746 e. The molecule has 0 N–H and O–H groups in total. The van der Waals surface area contributed by atoms with Gasteiger partial charge in [0.1, 0.15) is 0 Å². The summed E-state index contributed by atoms with van der Waals surface area (Å²) in [5.74, 6) is 1.83. The zero-order valence-electron chi connectivity index (χ0n) is 19.7. The Bertz CT molecular complexity index is 238. The van der Waals surface area contributed by atoms with Gasteiger partial charge in [0.2, 0.25) is 0 Å². The molecule has 0 heterocycles. The summed E-state index contributed by atoms with van der Waals surface area (Å²) in [6.45, 7) is 29.4. The summed E-state index contributed by atoms with van der Waals surface area (Å²) in [4.78, 5) is 0. The molecule has 1 unspecified atom stereocenters. The van der Waals surface area contributed by atoms with E-state index in [1.807, 2.05) is 33.8 Å². The van der Waals surface area contributed by atoms with Gasteiger partial charge >= 0.3 is 0 Å². The van der Waals surface area contributed by atoms with Crippen LogP contribution in [0.15, 0.2) is 12.7 Å². The molecule has 0 aromatic rings. The second-order valence-corrected chi connectivity index (χ2v) is 7.32. The van der Waals surface area contributed by atoms with E-state index in [0.29, 0.717) is 0 Å². The van der Waals surface area contributed by atoms with Crippen LogP contribution in [0, 0.1) is 17.3 Å². The number of hydrogen-bond donors (Lipinski definition) is 0. The minimum absolute atomic E-state index is 0. The third kappa shape index (κ3) is 24.3. The van der Waals surface area contributed by atoms with Crippen molar-refractivity contribution in [2.45, 2.75) is 108 Å². The van der Waals surface area contributed by atoms with Gasteiger partial charge in [-0.1, -0.05) is 94.6 Å². The van der Waals surface area contributed by atoms with E-state index in [4.69, 9.17) is 4.52 Å². The first-order valence-corrected chi connectivity index (χ1v) is 9.99.